The van der Waals surface area contributed by atoms with Gasteiger partial charge in [0.2, 0.25) is 5.91 Å². The van der Waals surface area contributed by atoms with Crippen molar-refractivity contribution in [1.82, 2.24) is 0 Å². The molecule has 32 heavy (non-hydrogen) atoms. The van der Waals surface area contributed by atoms with Gasteiger partial charge in [0, 0.05) is 11.6 Å². The molecule has 2 aromatic carbocycles. The molecule has 0 bridgehead atoms. The van der Waals surface area contributed by atoms with E-state index in [1.54, 1.807) is 0 Å². The number of anilines is 1. The largest absolute Gasteiger partial charge is 0.325 e. The number of amides is 1. The molecule has 2 heteroatoms. The van der Waals surface area contributed by atoms with Crippen LogP contribution in [-0.4, -0.2) is 5.91 Å². The van der Waals surface area contributed by atoms with Crippen molar-refractivity contribution in [3.63, 3.8) is 0 Å². The van der Waals surface area contributed by atoms with Crippen molar-refractivity contribution in [3.05, 3.63) is 64.7 Å². The number of para-hydroxylation sites is 1. The maximum Gasteiger partial charge on any atom is 0.227 e. The smallest absolute Gasteiger partial charge is 0.227 e. The summed E-state index contributed by atoms with van der Waals surface area (Å²) in [5.74, 6) is 1.33. The molecule has 0 spiro atoms. The second-order valence-electron chi connectivity index (χ2n) is 9.91. The van der Waals surface area contributed by atoms with Crippen molar-refractivity contribution < 1.29 is 4.79 Å². The van der Waals surface area contributed by atoms with Gasteiger partial charge in [-0.05, 0) is 80.0 Å². The Kier molecular flexibility index (Phi) is 9.38. The molecule has 174 valence electrons. The molecule has 0 radical (unpaired) electrons. The van der Waals surface area contributed by atoms with Crippen LogP contribution in [0.5, 0.6) is 0 Å². The van der Waals surface area contributed by atoms with Crippen LogP contribution < -0.4 is 5.32 Å². The number of hydrogen-bond acceptors (Lipinski definition) is 1. The van der Waals surface area contributed by atoms with Crippen molar-refractivity contribution >= 4 is 11.6 Å². The molecule has 2 aromatic rings. The fraction of sp³-hybridized carbons (Fsp3) is 0.567. The maximum absolute atomic E-state index is 13.6. The number of aryl methyl sites for hydroxylation is 3. The Labute approximate surface area is 196 Å². The van der Waals surface area contributed by atoms with E-state index in [9.17, 15) is 4.79 Å². The molecule has 3 atom stereocenters. The maximum atomic E-state index is 13.6. The topological polar surface area (TPSA) is 29.1 Å². The van der Waals surface area contributed by atoms with Crippen LogP contribution in [0.2, 0.25) is 0 Å². The Morgan fingerprint density at radius 3 is 2.09 bits per heavy atom. The summed E-state index contributed by atoms with van der Waals surface area (Å²) in [4.78, 5) is 13.6. The van der Waals surface area contributed by atoms with Crippen LogP contribution in [0, 0.1) is 31.6 Å². The van der Waals surface area contributed by atoms with E-state index >= 15 is 0 Å². The molecule has 1 saturated carbocycles. The van der Waals surface area contributed by atoms with Crippen molar-refractivity contribution in [2.24, 2.45) is 17.8 Å². The quantitative estimate of drug-likeness (QED) is 0.470. The summed E-state index contributed by atoms with van der Waals surface area (Å²) in [6, 6.07) is 15.4. The third-order valence-corrected chi connectivity index (χ3v) is 7.67. The summed E-state index contributed by atoms with van der Waals surface area (Å²) in [6.07, 6.45) is 12.1. The summed E-state index contributed by atoms with van der Waals surface area (Å²) >= 11 is 0. The highest BCUT2D eigenvalue weighted by Crippen LogP contribution is 2.37. The zero-order valence-electron chi connectivity index (χ0n) is 20.8. The highest BCUT2D eigenvalue weighted by atomic mass is 16.1. The number of hydrogen-bond donors (Lipinski definition) is 1. The first kappa shape index (κ1) is 24.6. The second-order valence-corrected chi connectivity index (χ2v) is 9.91. The summed E-state index contributed by atoms with van der Waals surface area (Å²) in [6.45, 7) is 8.59. The van der Waals surface area contributed by atoms with Crippen LogP contribution in [0.1, 0.15) is 87.5 Å². The average molecular weight is 434 g/mol. The summed E-state index contributed by atoms with van der Waals surface area (Å²) in [5, 5.41) is 3.34. The average Bonchev–Trinajstić information content (AvgIpc) is 2.90. The Bertz CT molecular complexity index is 833. The van der Waals surface area contributed by atoms with Gasteiger partial charge in [0.25, 0.3) is 0 Å². The zero-order chi connectivity index (χ0) is 22.9. The highest BCUT2D eigenvalue weighted by Gasteiger charge is 2.33. The lowest BCUT2D eigenvalue weighted by molar-refractivity contribution is -0.122. The van der Waals surface area contributed by atoms with E-state index < -0.39 is 0 Å². The first-order valence-electron chi connectivity index (χ1n) is 13.0. The molecule has 3 unspecified atom stereocenters. The molecule has 0 saturated heterocycles. The molecule has 1 aliphatic rings. The van der Waals surface area contributed by atoms with Crippen LogP contribution in [-0.2, 0) is 17.6 Å². The molecule has 1 amide bonds. The van der Waals surface area contributed by atoms with Crippen LogP contribution in [0.15, 0.2) is 42.5 Å². The Morgan fingerprint density at radius 2 is 1.47 bits per heavy atom. The Balaban J connectivity index is 1.83. The van der Waals surface area contributed by atoms with E-state index in [1.807, 2.05) is 0 Å². The fourth-order valence-corrected chi connectivity index (χ4v) is 5.67. The van der Waals surface area contributed by atoms with Crippen molar-refractivity contribution in [1.29, 1.82) is 0 Å². The normalized spacial score (nSPS) is 20.6. The minimum absolute atomic E-state index is 0.0759. The van der Waals surface area contributed by atoms with Gasteiger partial charge in [0.15, 0.2) is 0 Å². The van der Waals surface area contributed by atoms with Gasteiger partial charge in [0.1, 0.15) is 0 Å². The summed E-state index contributed by atoms with van der Waals surface area (Å²) in [5.41, 5.74) is 6.14. The van der Waals surface area contributed by atoms with Gasteiger partial charge in [-0.15, -0.1) is 0 Å². The van der Waals surface area contributed by atoms with Crippen LogP contribution in [0.3, 0.4) is 0 Å². The molecule has 1 N–H and O–H groups in total. The third kappa shape index (κ3) is 6.47. The second kappa shape index (κ2) is 12.2. The van der Waals surface area contributed by atoms with E-state index in [4.69, 9.17) is 0 Å². The molecular formula is C30H43NO. The van der Waals surface area contributed by atoms with Crippen molar-refractivity contribution in [2.75, 3.05) is 5.32 Å². The van der Waals surface area contributed by atoms with Gasteiger partial charge in [-0.2, -0.15) is 0 Å². The van der Waals surface area contributed by atoms with E-state index in [2.05, 4.69) is 75.5 Å². The number of carbonyl (C=O) groups excluding carboxylic acids is 1. The number of carbonyl (C=O) groups is 1. The molecule has 1 fully saturated rings. The summed E-state index contributed by atoms with van der Waals surface area (Å²) < 4.78 is 0. The lowest BCUT2D eigenvalue weighted by atomic mass is 9.72. The van der Waals surface area contributed by atoms with Gasteiger partial charge in [-0.1, -0.05) is 88.4 Å². The summed E-state index contributed by atoms with van der Waals surface area (Å²) in [7, 11) is 0. The van der Waals surface area contributed by atoms with Crippen LogP contribution >= 0.6 is 0 Å². The van der Waals surface area contributed by atoms with Gasteiger partial charge in [0.05, 0.1) is 0 Å². The number of rotatable bonds is 7. The van der Waals surface area contributed by atoms with E-state index in [-0.39, 0.29) is 11.8 Å². The van der Waals surface area contributed by atoms with Gasteiger partial charge >= 0.3 is 0 Å². The predicted octanol–water partition coefficient (Wildman–Crippen LogP) is 8.05. The van der Waals surface area contributed by atoms with E-state index in [0.29, 0.717) is 11.8 Å². The van der Waals surface area contributed by atoms with E-state index in [0.717, 1.165) is 36.1 Å². The minimum atomic E-state index is 0.0759. The molecule has 3 rings (SSSR count). The van der Waals surface area contributed by atoms with E-state index in [1.165, 1.54) is 56.1 Å². The fourth-order valence-electron chi connectivity index (χ4n) is 5.67. The zero-order valence-corrected chi connectivity index (χ0v) is 20.8. The molecule has 0 aromatic heterocycles. The van der Waals surface area contributed by atoms with Crippen LogP contribution in [0.4, 0.5) is 5.69 Å². The third-order valence-electron chi connectivity index (χ3n) is 7.67. The number of nitrogens with one attached hydrogen (secondary N) is 1. The molecular weight excluding hydrogens is 390 g/mol. The monoisotopic (exact) mass is 433 g/mol. The van der Waals surface area contributed by atoms with Crippen molar-refractivity contribution in [3.8, 4) is 0 Å². The van der Waals surface area contributed by atoms with Crippen LogP contribution in [0.25, 0.3) is 0 Å². The molecule has 2 nitrogen and oxygen atoms in total. The van der Waals surface area contributed by atoms with Gasteiger partial charge in [-0.25, -0.2) is 0 Å². The SMILES string of the molecule is CCc1ccc(CC2CCCCCCCC2C(CC)C(=O)Nc2c(C)cccc2C)cc1. The standard InChI is InChI=1S/C30H43NO/c1-5-24-17-19-25(20-18-24)21-26-15-10-8-7-9-11-16-28(26)27(6-2)30(32)31-29-22(3)13-12-14-23(29)4/h12-14,17-20,26-28H,5-11,15-16,21H2,1-4H3,(H,31,32). The molecule has 1 aliphatic carbocycles. The van der Waals surface area contributed by atoms with Crippen molar-refractivity contribution in [2.45, 2.75) is 91.9 Å². The molecule has 0 aliphatic heterocycles. The predicted molar refractivity (Wildman–Crippen MR) is 137 cm³/mol. The number of benzene rings is 2. The Hall–Kier alpha value is -2.09. The lowest BCUT2D eigenvalue weighted by Crippen LogP contribution is -2.34. The van der Waals surface area contributed by atoms with Gasteiger partial charge in [-0.3, -0.25) is 4.79 Å². The Morgan fingerprint density at radius 1 is 0.875 bits per heavy atom. The highest BCUT2D eigenvalue weighted by molar-refractivity contribution is 5.94. The molecule has 0 heterocycles. The minimum Gasteiger partial charge on any atom is -0.325 e. The van der Waals surface area contributed by atoms with Gasteiger partial charge < -0.3 is 5.32 Å². The lowest BCUT2D eigenvalue weighted by Gasteiger charge is -2.33. The first-order chi connectivity index (χ1) is 15.5. The first-order valence-corrected chi connectivity index (χ1v) is 13.0.